The second-order valence-electron chi connectivity index (χ2n) is 13.3. The summed E-state index contributed by atoms with van der Waals surface area (Å²) in [5, 5.41) is 2.08. The number of benzene rings is 6. The topological polar surface area (TPSA) is 50.5 Å². The van der Waals surface area contributed by atoms with Crippen molar-refractivity contribution in [1.82, 2.24) is 9.97 Å². The van der Waals surface area contributed by atoms with Gasteiger partial charge in [0.15, 0.2) is 0 Å². The summed E-state index contributed by atoms with van der Waals surface area (Å²) in [4.78, 5) is 22.3. The lowest BCUT2D eigenvalue weighted by Gasteiger charge is -2.24. The minimum Gasteiger partial charge on any atom is -0.248 e. The molecule has 0 amide bonds. The van der Waals surface area contributed by atoms with Gasteiger partial charge in [0, 0.05) is 10.8 Å². The zero-order valence-corrected chi connectivity index (χ0v) is 27.0. The van der Waals surface area contributed by atoms with Crippen molar-refractivity contribution in [3.05, 3.63) is 191 Å². The van der Waals surface area contributed by atoms with Crippen LogP contribution in [-0.2, 0) is 0 Å². The molecule has 3 heterocycles. The Morgan fingerprint density at radius 1 is 0.340 bits per heavy atom. The Balaban J connectivity index is 1.27. The number of nitrogens with zero attached hydrogens (tertiary/aromatic N) is 4. The Labute approximate surface area is 289 Å². The van der Waals surface area contributed by atoms with E-state index in [1.165, 1.54) is 44.5 Å². The van der Waals surface area contributed by atoms with E-state index in [0.29, 0.717) is 0 Å². The van der Waals surface area contributed by atoms with Gasteiger partial charge in [0.1, 0.15) is 11.4 Å². The van der Waals surface area contributed by atoms with Crippen molar-refractivity contribution in [2.75, 3.05) is 0 Å². The van der Waals surface area contributed by atoms with Gasteiger partial charge in [0.05, 0.1) is 45.7 Å². The van der Waals surface area contributed by atoms with E-state index in [-0.39, 0.29) is 11.8 Å². The van der Waals surface area contributed by atoms with E-state index >= 15 is 0 Å². The van der Waals surface area contributed by atoms with Gasteiger partial charge in [0.25, 0.3) is 0 Å². The number of pyridine rings is 2. The average Bonchev–Trinajstić information content (AvgIpc) is 3.68. The van der Waals surface area contributed by atoms with E-state index in [0.717, 1.165) is 56.0 Å². The highest BCUT2D eigenvalue weighted by atomic mass is 14.9. The van der Waals surface area contributed by atoms with Gasteiger partial charge < -0.3 is 0 Å². The first-order valence-electron chi connectivity index (χ1n) is 17.1. The zero-order chi connectivity index (χ0) is 32.8. The Morgan fingerprint density at radius 2 is 0.660 bits per heavy atom. The van der Waals surface area contributed by atoms with Crippen molar-refractivity contribution < 1.29 is 0 Å². The van der Waals surface area contributed by atoms with Gasteiger partial charge in [-0.1, -0.05) is 133 Å². The molecular weight excluding hydrogens is 609 g/mol. The molecule has 0 saturated carbocycles. The molecule has 4 heteroatoms. The molecule has 232 valence electrons. The molecule has 3 aliphatic rings. The lowest BCUT2D eigenvalue weighted by Crippen LogP contribution is -2.20. The third-order valence-electron chi connectivity index (χ3n) is 10.6. The van der Waals surface area contributed by atoms with Gasteiger partial charge in [-0.05, 0) is 68.8 Å². The summed E-state index contributed by atoms with van der Waals surface area (Å²) >= 11 is 0. The van der Waals surface area contributed by atoms with Crippen molar-refractivity contribution >= 4 is 44.6 Å². The van der Waals surface area contributed by atoms with E-state index in [1.54, 1.807) is 0 Å². The van der Waals surface area contributed by atoms with E-state index in [9.17, 15) is 0 Å². The fourth-order valence-electron chi connectivity index (χ4n) is 8.43. The number of aliphatic imine (C=N–C) groups is 2. The Hall–Kier alpha value is -6.52. The maximum Gasteiger partial charge on any atom is 0.112 e. The zero-order valence-electron chi connectivity index (χ0n) is 27.0. The van der Waals surface area contributed by atoms with Crippen LogP contribution in [0.4, 0.5) is 11.4 Å². The molecule has 0 spiro atoms. The maximum atomic E-state index is 5.72. The summed E-state index contributed by atoms with van der Waals surface area (Å²) in [7, 11) is 0. The highest BCUT2D eigenvalue weighted by molar-refractivity contribution is 6.20. The maximum absolute atomic E-state index is 5.72. The van der Waals surface area contributed by atoms with Gasteiger partial charge >= 0.3 is 0 Å². The van der Waals surface area contributed by atoms with Gasteiger partial charge in [-0.2, -0.15) is 0 Å². The van der Waals surface area contributed by atoms with E-state index in [4.69, 9.17) is 20.0 Å². The van der Waals surface area contributed by atoms with Crippen LogP contribution in [0.2, 0.25) is 0 Å². The predicted molar refractivity (Wildman–Crippen MR) is 203 cm³/mol. The first-order chi connectivity index (χ1) is 24.8. The highest BCUT2D eigenvalue weighted by Crippen LogP contribution is 2.51. The van der Waals surface area contributed by atoms with Crippen LogP contribution in [-0.4, -0.2) is 21.4 Å². The summed E-state index contributed by atoms with van der Waals surface area (Å²) in [5.41, 5.74) is 16.7. The van der Waals surface area contributed by atoms with E-state index < -0.39 is 0 Å². The Bertz CT molecular complexity index is 2510. The lowest BCUT2D eigenvalue weighted by atomic mass is 9.86. The molecule has 0 unspecified atom stereocenters. The van der Waals surface area contributed by atoms with Crippen LogP contribution >= 0.6 is 0 Å². The van der Waals surface area contributed by atoms with Crippen LogP contribution in [0.3, 0.4) is 0 Å². The first kappa shape index (κ1) is 27.4. The number of fused-ring (bicyclic) bond motifs is 10. The van der Waals surface area contributed by atoms with E-state index in [1.807, 2.05) is 12.1 Å². The highest BCUT2D eigenvalue weighted by Gasteiger charge is 2.38. The molecule has 0 fully saturated rings. The molecule has 1 aliphatic heterocycles. The van der Waals surface area contributed by atoms with Crippen LogP contribution in [0.15, 0.2) is 168 Å². The van der Waals surface area contributed by atoms with Crippen molar-refractivity contribution in [2.45, 2.75) is 11.8 Å². The molecule has 2 aliphatic carbocycles. The Kier molecular flexibility index (Phi) is 5.75. The van der Waals surface area contributed by atoms with Crippen LogP contribution in [0.5, 0.6) is 0 Å². The first-order valence-corrected chi connectivity index (χ1v) is 17.1. The quantitative estimate of drug-likeness (QED) is 0.190. The molecule has 6 aromatic carbocycles. The van der Waals surface area contributed by atoms with Crippen LogP contribution < -0.4 is 0 Å². The smallest absolute Gasteiger partial charge is 0.112 e. The summed E-state index contributed by atoms with van der Waals surface area (Å²) in [6, 6.07) is 55.9. The summed E-state index contributed by atoms with van der Waals surface area (Å²) < 4.78 is 0. The third-order valence-corrected chi connectivity index (χ3v) is 10.6. The number of hydrogen-bond acceptors (Lipinski definition) is 4. The molecule has 0 atom stereocenters. The molecule has 0 N–H and O–H groups in total. The van der Waals surface area contributed by atoms with E-state index in [2.05, 4.69) is 146 Å². The molecule has 8 aromatic rings. The van der Waals surface area contributed by atoms with Gasteiger partial charge in [-0.15, -0.1) is 0 Å². The summed E-state index contributed by atoms with van der Waals surface area (Å²) in [6.07, 6.45) is 0. The van der Waals surface area contributed by atoms with Crippen molar-refractivity contribution in [3.63, 3.8) is 0 Å². The molecule has 0 radical (unpaired) electrons. The second-order valence-corrected chi connectivity index (χ2v) is 13.3. The van der Waals surface area contributed by atoms with Crippen molar-refractivity contribution in [1.29, 1.82) is 0 Å². The number of para-hydroxylation sites is 2. The fraction of sp³-hybridized carbons (Fsp3) is 0.0435. The molecule has 11 rings (SSSR count). The largest absolute Gasteiger partial charge is 0.248 e. The SMILES string of the molecule is c1ccc2c(c1)-c1ccccc1C2/C1=N/c2cc3ccccc3nc2/C(C2c3ccccc3-c3ccccc32)=N\c2cc3ccccc3nc21. The molecule has 2 aromatic heterocycles. The van der Waals surface area contributed by atoms with Crippen LogP contribution in [0, 0.1) is 0 Å². The fourth-order valence-corrected chi connectivity index (χ4v) is 8.43. The number of rotatable bonds is 2. The molecule has 50 heavy (non-hydrogen) atoms. The molecule has 0 saturated heterocycles. The van der Waals surface area contributed by atoms with Crippen molar-refractivity contribution in [2.24, 2.45) is 9.98 Å². The van der Waals surface area contributed by atoms with Gasteiger partial charge in [-0.3, -0.25) is 0 Å². The van der Waals surface area contributed by atoms with Gasteiger partial charge in [-0.25, -0.2) is 20.0 Å². The predicted octanol–water partition coefficient (Wildman–Crippen LogP) is 11.0. The third kappa shape index (κ3) is 3.93. The summed E-state index contributed by atoms with van der Waals surface area (Å²) in [6.45, 7) is 0. The van der Waals surface area contributed by atoms with Crippen LogP contribution in [0.25, 0.3) is 44.1 Å². The lowest BCUT2D eigenvalue weighted by molar-refractivity contribution is 1.08. The molecule has 0 bridgehead atoms. The monoisotopic (exact) mass is 636 g/mol. The minimum atomic E-state index is -0.126. The average molecular weight is 637 g/mol. The number of aromatic nitrogens is 2. The standard InChI is InChI=1S/C46H28N4/c1-11-23-37-27(13-1)25-39-43(47-37)45(41-33-19-7-3-15-29(33)30-16-4-8-20-34(30)41)50-40-26-28-14-2-12-24-38(28)48-44(40)46(49-39)42-35-21-9-5-17-31(35)32-18-6-10-22-36(32)42/h1-26,41-42H/b45-43?,46-44?,49-39?,49-46-,50-40?,50-45-. The normalized spacial score (nSPS) is 16.6. The number of hydrogen-bond donors (Lipinski definition) is 0. The summed E-state index contributed by atoms with van der Waals surface area (Å²) in [5.74, 6) is -0.252. The Morgan fingerprint density at radius 3 is 1.04 bits per heavy atom. The second kappa shape index (κ2) is 10.5. The molecular formula is C46H28N4. The van der Waals surface area contributed by atoms with Crippen LogP contribution in [0.1, 0.15) is 45.5 Å². The minimum absolute atomic E-state index is 0.126. The van der Waals surface area contributed by atoms with Crippen molar-refractivity contribution in [3.8, 4) is 22.3 Å². The molecule has 4 nitrogen and oxygen atoms in total. The van der Waals surface area contributed by atoms with Gasteiger partial charge in [0.2, 0.25) is 0 Å².